The first kappa shape index (κ1) is 27.7. The van der Waals surface area contributed by atoms with Crippen LogP contribution in [0.4, 0.5) is 0 Å². The van der Waals surface area contributed by atoms with Crippen molar-refractivity contribution in [1.29, 1.82) is 0 Å². The van der Waals surface area contributed by atoms with Gasteiger partial charge in [0.05, 0.1) is 34.6 Å². The van der Waals surface area contributed by atoms with Gasteiger partial charge in [0.15, 0.2) is 16.8 Å². The monoisotopic (exact) mass is 568 g/mol. The summed E-state index contributed by atoms with van der Waals surface area (Å²) < 4.78 is 7.42. The van der Waals surface area contributed by atoms with E-state index in [-0.39, 0.29) is 24.0 Å². The summed E-state index contributed by atoms with van der Waals surface area (Å²) >= 11 is 13.7. The number of hydrogen-bond donors (Lipinski definition) is 1. The second-order valence-electron chi connectivity index (χ2n) is 8.32. The maximum Gasteiger partial charge on any atom is 0.251 e. The van der Waals surface area contributed by atoms with E-state index in [1.807, 2.05) is 18.2 Å². The van der Waals surface area contributed by atoms with Crippen molar-refractivity contribution in [1.82, 2.24) is 20.1 Å². The number of aromatic nitrogens is 3. The normalized spacial score (nSPS) is 10.8. The molecule has 0 fully saturated rings. The number of nitrogens with zero attached hydrogens (tertiary/aromatic N) is 3. The molecule has 1 N–H and O–H groups in total. The first-order chi connectivity index (χ1) is 18.5. The quantitative estimate of drug-likeness (QED) is 0.117. The third-order valence-electron chi connectivity index (χ3n) is 5.58. The Bertz CT molecular complexity index is 1400. The summed E-state index contributed by atoms with van der Waals surface area (Å²) in [7, 11) is 0. The minimum Gasteiger partial charge on any atom is -0.494 e. The predicted octanol–water partition coefficient (Wildman–Crippen LogP) is 6.66. The second-order valence-corrected chi connectivity index (χ2v) is 10.1. The Hall–Kier alpha value is -3.33. The molecule has 0 bridgehead atoms. The van der Waals surface area contributed by atoms with Gasteiger partial charge in [-0.15, -0.1) is 10.2 Å². The van der Waals surface area contributed by atoms with Crippen LogP contribution in [-0.2, 0) is 6.54 Å². The molecule has 38 heavy (non-hydrogen) atoms. The van der Waals surface area contributed by atoms with Gasteiger partial charge in [-0.3, -0.25) is 14.2 Å². The molecule has 0 atom stereocenters. The SMILES string of the molecule is CCCCOc1ccc(C(=O)NCc2nnc(SCC(=O)c3ccccc3)n2-c2ccc(Cl)c(Cl)c2)cc1. The minimum absolute atomic E-state index is 0.0312. The number of carbonyl (C=O) groups excluding carboxylic acids is 2. The zero-order valence-corrected chi connectivity index (χ0v) is 23.0. The summed E-state index contributed by atoms with van der Waals surface area (Å²) in [5.41, 5.74) is 1.78. The molecule has 10 heteroatoms. The number of halogens is 2. The lowest BCUT2D eigenvalue weighted by Gasteiger charge is -2.12. The number of amides is 1. The highest BCUT2D eigenvalue weighted by Gasteiger charge is 2.18. The Morgan fingerprint density at radius 1 is 0.947 bits per heavy atom. The zero-order valence-electron chi connectivity index (χ0n) is 20.7. The zero-order chi connectivity index (χ0) is 26.9. The van der Waals surface area contributed by atoms with Gasteiger partial charge in [0.25, 0.3) is 5.91 Å². The van der Waals surface area contributed by atoms with E-state index in [1.165, 1.54) is 11.8 Å². The van der Waals surface area contributed by atoms with Gasteiger partial charge in [-0.1, -0.05) is 78.6 Å². The summed E-state index contributed by atoms with van der Waals surface area (Å²) in [6.45, 7) is 2.85. The van der Waals surface area contributed by atoms with Crippen LogP contribution >= 0.6 is 35.0 Å². The Morgan fingerprint density at radius 3 is 2.42 bits per heavy atom. The van der Waals surface area contributed by atoms with E-state index in [2.05, 4.69) is 22.4 Å². The number of rotatable bonds is 12. The summed E-state index contributed by atoms with van der Waals surface area (Å²) in [4.78, 5) is 25.5. The number of ether oxygens (including phenoxy) is 1. The highest BCUT2D eigenvalue weighted by Crippen LogP contribution is 2.28. The smallest absolute Gasteiger partial charge is 0.251 e. The van der Waals surface area contributed by atoms with E-state index in [0.29, 0.717) is 44.4 Å². The highest BCUT2D eigenvalue weighted by atomic mass is 35.5. The lowest BCUT2D eigenvalue weighted by Crippen LogP contribution is -2.24. The standard InChI is InChI=1S/C28H26Cl2N4O3S/c1-2-3-15-37-22-12-9-20(10-13-22)27(36)31-17-26-32-33-28(34(26)21-11-14-23(29)24(30)16-21)38-18-25(35)19-7-5-4-6-8-19/h4-14,16H,2-3,15,17-18H2,1H3,(H,31,36). The molecule has 196 valence electrons. The van der Waals surface area contributed by atoms with Crippen molar-refractivity contribution < 1.29 is 14.3 Å². The van der Waals surface area contributed by atoms with Crippen molar-refractivity contribution in [2.45, 2.75) is 31.5 Å². The van der Waals surface area contributed by atoms with E-state index in [1.54, 1.807) is 59.2 Å². The molecule has 0 saturated carbocycles. The summed E-state index contributed by atoms with van der Waals surface area (Å²) in [5, 5.41) is 12.7. The van der Waals surface area contributed by atoms with Gasteiger partial charge in [0, 0.05) is 11.1 Å². The fourth-order valence-corrected chi connectivity index (χ4v) is 4.69. The van der Waals surface area contributed by atoms with Crippen molar-refractivity contribution in [2.75, 3.05) is 12.4 Å². The molecule has 0 aliphatic carbocycles. The maximum atomic E-state index is 12.8. The fraction of sp³-hybridized carbons (Fsp3) is 0.214. The molecule has 0 saturated heterocycles. The molecule has 1 amide bonds. The van der Waals surface area contributed by atoms with Crippen molar-refractivity contribution in [3.63, 3.8) is 0 Å². The van der Waals surface area contributed by atoms with E-state index in [0.717, 1.165) is 18.6 Å². The third kappa shape index (κ3) is 7.16. The van der Waals surface area contributed by atoms with Gasteiger partial charge in [-0.05, 0) is 48.9 Å². The lowest BCUT2D eigenvalue weighted by atomic mass is 10.2. The average Bonchev–Trinajstić information content (AvgIpc) is 3.35. The third-order valence-corrected chi connectivity index (χ3v) is 7.25. The van der Waals surface area contributed by atoms with E-state index in [4.69, 9.17) is 27.9 Å². The first-order valence-corrected chi connectivity index (χ1v) is 13.8. The van der Waals surface area contributed by atoms with Crippen LogP contribution in [0.2, 0.25) is 10.0 Å². The number of carbonyl (C=O) groups is 2. The Morgan fingerprint density at radius 2 is 1.71 bits per heavy atom. The van der Waals surface area contributed by atoms with Gasteiger partial charge in [0.2, 0.25) is 0 Å². The Labute approximate surface area is 235 Å². The van der Waals surface area contributed by atoms with E-state index < -0.39 is 0 Å². The first-order valence-electron chi connectivity index (χ1n) is 12.1. The van der Waals surface area contributed by atoms with Crippen LogP contribution in [0, 0.1) is 0 Å². The molecule has 0 aliphatic rings. The van der Waals surface area contributed by atoms with Crippen molar-refractivity contribution >= 4 is 46.7 Å². The van der Waals surface area contributed by atoms with Crippen LogP contribution in [0.25, 0.3) is 5.69 Å². The predicted molar refractivity (Wildman–Crippen MR) is 151 cm³/mol. The minimum atomic E-state index is -0.262. The van der Waals surface area contributed by atoms with Gasteiger partial charge >= 0.3 is 0 Å². The highest BCUT2D eigenvalue weighted by molar-refractivity contribution is 7.99. The molecule has 1 heterocycles. The lowest BCUT2D eigenvalue weighted by molar-refractivity contribution is 0.0948. The number of hydrogen-bond acceptors (Lipinski definition) is 6. The summed E-state index contributed by atoms with van der Waals surface area (Å²) in [5.74, 6) is 1.08. The van der Waals surface area contributed by atoms with Crippen LogP contribution in [0.3, 0.4) is 0 Å². The molecule has 0 radical (unpaired) electrons. The number of unbranched alkanes of at least 4 members (excludes halogenated alkanes) is 1. The van der Waals surface area contributed by atoms with Crippen LogP contribution in [0.5, 0.6) is 5.75 Å². The van der Waals surface area contributed by atoms with Gasteiger partial charge in [-0.2, -0.15) is 0 Å². The molecule has 4 aromatic rings. The van der Waals surface area contributed by atoms with Crippen LogP contribution in [0.1, 0.15) is 46.3 Å². The fourth-order valence-electron chi connectivity index (χ4n) is 3.53. The number of thioether (sulfide) groups is 1. The second kappa shape index (κ2) is 13.5. The van der Waals surface area contributed by atoms with Crippen molar-refractivity contribution in [2.24, 2.45) is 0 Å². The van der Waals surface area contributed by atoms with Crippen molar-refractivity contribution in [3.8, 4) is 11.4 Å². The van der Waals surface area contributed by atoms with Gasteiger partial charge < -0.3 is 10.1 Å². The molecule has 7 nitrogen and oxygen atoms in total. The van der Waals surface area contributed by atoms with E-state index in [9.17, 15) is 9.59 Å². The largest absolute Gasteiger partial charge is 0.494 e. The van der Waals surface area contributed by atoms with Crippen LogP contribution in [-0.4, -0.2) is 38.8 Å². The molecule has 0 spiro atoms. The average molecular weight is 570 g/mol. The van der Waals surface area contributed by atoms with Gasteiger partial charge in [-0.25, -0.2) is 0 Å². The summed E-state index contributed by atoms with van der Waals surface area (Å²) in [6.07, 6.45) is 2.03. The number of Topliss-reactive ketones (excluding diaryl/α,β-unsaturated/α-hetero) is 1. The number of ketones is 1. The molecule has 4 rings (SSSR count). The molecule has 0 unspecified atom stereocenters. The Balaban J connectivity index is 1.49. The molecule has 1 aromatic heterocycles. The van der Waals surface area contributed by atoms with Crippen LogP contribution < -0.4 is 10.1 Å². The molecular weight excluding hydrogens is 543 g/mol. The number of nitrogens with one attached hydrogen (secondary N) is 1. The maximum absolute atomic E-state index is 12.8. The molecular formula is C28H26Cl2N4O3S. The number of benzene rings is 3. The van der Waals surface area contributed by atoms with Gasteiger partial charge in [0.1, 0.15) is 5.75 Å². The van der Waals surface area contributed by atoms with E-state index >= 15 is 0 Å². The molecule has 0 aliphatic heterocycles. The Kier molecular flexibility index (Phi) is 9.81. The topological polar surface area (TPSA) is 86.1 Å². The van der Waals surface area contributed by atoms with Crippen LogP contribution in [0.15, 0.2) is 78.0 Å². The molecule has 3 aromatic carbocycles. The summed E-state index contributed by atoms with van der Waals surface area (Å²) in [6, 6.07) is 21.2. The van der Waals surface area contributed by atoms with Crippen molar-refractivity contribution in [3.05, 3.63) is 99.8 Å².